The van der Waals surface area contributed by atoms with Crippen molar-refractivity contribution >= 4 is 5.91 Å². The summed E-state index contributed by atoms with van der Waals surface area (Å²) in [4.78, 5) is 16.1. The number of carbonyl (C=O) groups is 1. The molecule has 28 heavy (non-hydrogen) atoms. The number of carbonyl (C=O) groups excluding carboxylic acids is 1. The van der Waals surface area contributed by atoms with Crippen LogP contribution in [0.5, 0.6) is 0 Å². The molecule has 2 aromatic rings. The molecule has 1 fully saturated rings. The summed E-state index contributed by atoms with van der Waals surface area (Å²) in [5.41, 5.74) is 9.97. The molecule has 2 aromatic carbocycles. The van der Waals surface area contributed by atoms with Gasteiger partial charge in [-0.1, -0.05) is 36.4 Å². The minimum absolute atomic E-state index is 0.346. The summed E-state index contributed by atoms with van der Waals surface area (Å²) in [6.45, 7) is 5.25. The van der Waals surface area contributed by atoms with Crippen LogP contribution in [0.1, 0.15) is 39.4 Å². The molecule has 2 aliphatic heterocycles. The molecule has 2 aliphatic rings. The van der Waals surface area contributed by atoms with Crippen molar-refractivity contribution in [3.63, 3.8) is 0 Å². The standard InChI is InChI=1S/C23H29N3O2/c24-23(28)19-7-3-6-18(12-19)21-9-11-26(14-21)16-22(27)15-25-10-8-17-4-1-2-5-20(17)13-25/h1-7,12,21-22,27H,8-11,13-16H2,(H2,24,28). The van der Waals surface area contributed by atoms with Crippen LogP contribution >= 0.6 is 0 Å². The second kappa shape index (κ2) is 8.43. The van der Waals surface area contributed by atoms with E-state index in [1.807, 2.05) is 12.1 Å². The van der Waals surface area contributed by atoms with Crippen molar-refractivity contribution in [2.75, 3.05) is 32.7 Å². The van der Waals surface area contributed by atoms with Gasteiger partial charge in [-0.3, -0.25) is 9.69 Å². The van der Waals surface area contributed by atoms with E-state index < -0.39 is 0 Å². The number of nitrogens with zero attached hydrogens (tertiary/aromatic N) is 2. The highest BCUT2D eigenvalue weighted by molar-refractivity contribution is 5.92. The largest absolute Gasteiger partial charge is 0.390 e. The molecule has 1 saturated heterocycles. The Bertz CT molecular complexity index is 838. The first kappa shape index (κ1) is 19.1. The van der Waals surface area contributed by atoms with Crippen LogP contribution in [0.25, 0.3) is 0 Å². The molecule has 0 aromatic heterocycles. The number of aliphatic hydroxyl groups excluding tert-OH is 1. The van der Waals surface area contributed by atoms with E-state index >= 15 is 0 Å². The fourth-order valence-electron chi connectivity index (χ4n) is 4.58. The molecule has 4 rings (SSSR count). The number of hydrogen-bond donors (Lipinski definition) is 2. The van der Waals surface area contributed by atoms with Crippen molar-refractivity contribution in [1.82, 2.24) is 9.80 Å². The third-order valence-electron chi connectivity index (χ3n) is 6.06. The van der Waals surface area contributed by atoms with Crippen LogP contribution in [-0.4, -0.2) is 59.6 Å². The van der Waals surface area contributed by atoms with Gasteiger partial charge < -0.3 is 15.7 Å². The molecule has 2 unspecified atom stereocenters. The molecule has 148 valence electrons. The molecular formula is C23H29N3O2. The summed E-state index contributed by atoms with van der Waals surface area (Å²) in [5, 5.41) is 10.6. The summed E-state index contributed by atoms with van der Waals surface area (Å²) >= 11 is 0. The summed E-state index contributed by atoms with van der Waals surface area (Å²) in [6, 6.07) is 16.3. The molecule has 3 N–H and O–H groups in total. The third kappa shape index (κ3) is 4.43. The van der Waals surface area contributed by atoms with Crippen molar-refractivity contribution < 1.29 is 9.90 Å². The molecule has 2 heterocycles. The molecule has 5 heteroatoms. The summed E-state index contributed by atoms with van der Waals surface area (Å²) < 4.78 is 0. The van der Waals surface area contributed by atoms with E-state index in [9.17, 15) is 9.90 Å². The predicted molar refractivity (Wildman–Crippen MR) is 110 cm³/mol. The number of rotatable bonds is 6. The fourth-order valence-corrected chi connectivity index (χ4v) is 4.58. The Morgan fingerprint density at radius 2 is 1.86 bits per heavy atom. The van der Waals surface area contributed by atoms with Gasteiger partial charge in [-0.2, -0.15) is 0 Å². The lowest BCUT2D eigenvalue weighted by atomic mass is 9.96. The van der Waals surface area contributed by atoms with Crippen LogP contribution < -0.4 is 5.73 Å². The van der Waals surface area contributed by atoms with Gasteiger partial charge in [0, 0.05) is 38.3 Å². The van der Waals surface area contributed by atoms with E-state index in [1.54, 1.807) is 6.07 Å². The zero-order valence-electron chi connectivity index (χ0n) is 16.3. The van der Waals surface area contributed by atoms with E-state index in [2.05, 4.69) is 40.1 Å². The summed E-state index contributed by atoms with van der Waals surface area (Å²) in [5.74, 6) is 0.0172. The van der Waals surface area contributed by atoms with Crippen molar-refractivity contribution in [2.24, 2.45) is 5.73 Å². The number of primary amides is 1. The zero-order chi connectivity index (χ0) is 19.5. The molecule has 5 nitrogen and oxygen atoms in total. The van der Waals surface area contributed by atoms with Gasteiger partial charge in [0.25, 0.3) is 0 Å². The lowest BCUT2D eigenvalue weighted by molar-refractivity contribution is 0.0759. The summed E-state index contributed by atoms with van der Waals surface area (Å²) in [7, 11) is 0. The Morgan fingerprint density at radius 3 is 2.68 bits per heavy atom. The van der Waals surface area contributed by atoms with E-state index in [0.717, 1.165) is 39.0 Å². The molecule has 0 radical (unpaired) electrons. The molecular weight excluding hydrogens is 350 g/mol. The summed E-state index contributed by atoms with van der Waals surface area (Å²) in [6.07, 6.45) is 1.76. The Morgan fingerprint density at radius 1 is 1.07 bits per heavy atom. The van der Waals surface area contributed by atoms with Crippen LogP contribution in [0.4, 0.5) is 0 Å². The molecule has 1 amide bonds. The van der Waals surface area contributed by atoms with Crippen LogP contribution in [0.15, 0.2) is 48.5 Å². The molecule has 0 spiro atoms. The third-order valence-corrected chi connectivity index (χ3v) is 6.06. The highest BCUT2D eigenvalue weighted by Crippen LogP contribution is 2.28. The average Bonchev–Trinajstić information content (AvgIpc) is 3.16. The SMILES string of the molecule is NC(=O)c1cccc(C2CCN(CC(O)CN3CCc4ccccc4C3)C2)c1. The number of amides is 1. The molecule has 0 saturated carbocycles. The van der Waals surface area contributed by atoms with E-state index in [0.29, 0.717) is 24.6 Å². The lowest BCUT2D eigenvalue weighted by Crippen LogP contribution is -2.41. The first-order valence-electron chi connectivity index (χ1n) is 10.2. The smallest absolute Gasteiger partial charge is 0.248 e. The van der Waals surface area contributed by atoms with Crippen molar-refractivity contribution in [1.29, 1.82) is 0 Å². The van der Waals surface area contributed by atoms with Crippen molar-refractivity contribution in [3.8, 4) is 0 Å². The minimum Gasteiger partial charge on any atom is -0.390 e. The van der Waals surface area contributed by atoms with Crippen molar-refractivity contribution in [2.45, 2.75) is 31.4 Å². The first-order valence-corrected chi connectivity index (χ1v) is 10.2. The normalized spacial score (nSPS) is 21.4. The maximum atomic E-state index is 11.4. The topological polar surface area (TPSA) is 69.8 Å². The molecule has 2 atom stereocenters. The van der Waals surface area contributed by atoms with Gasteiger partial charge in [-0.15, -0.1) is 0 Å². The highest BCUT2D eigenvalue weighted by atomic mass is 16.3. The number of nitrogens with two attached hydrogens (primary N) is 1. The number of aliphatic hydroxyl groups is 1. The van der Waals surface area contributed by atoms with Crippen LogP contribution in [0, 0.1) is 0 Å². The van der Waals surface area contributed by atoms with E-state index in [-0.39, 0.29) is 12.0 Å². The monoisotopic (exact) mass is 379 g/mol. The number of fused-ring (bicyclic) bond motifs is 1. The van der Waals surface area contributed by atoms with Gasteiger partial charge in [0.2, 0.25) is 5.91 Å². The van der Waals surface area contributed by atoms with Gasteiger partial charge in [0.15, 0.2) is 0 Å². The second-order valence-corrected chi connectivity index (χ2v) is 8.14. The predicted octanol–water partition coefficient (Wildman–Crippen LogP) is 1.99. The Labute approximate surface area is 166 Å². The Balaban J connectivity index is 1.29. The maximum Gasteiger partial charge on any atom is 0.248 e. The van der Waals surface area contributed by atoms with Gasteiger partial charge >= 0.3 is 0 Å². The van der Waals surface area contributed by atoms with E-state index in [4.69, 9.17) is 5.73 Å². The molecule has 0 bridgehead atoms. The molecule has 0 aliphatic carbocycles. The van der Waals surface area contributed by atoms with E-state index in [1.165, 1.54) is 16.7 Å². The van der Waals surface area contributed by atoms with Crippen LogP contribution in [0.2, 0.25) is 0 Å². The van der Waals surface area contributed by atoms with Crippen LogP contribution in [-0.2, 0) is 13.0 Å². The van der Waals surface area contributed by atoms with Crippen LogP contribution in [0.3, 0.4) is 0 Å². The average molecular weight is 380 g/mol. The van der Waals surface area contributed by atoms with Crippen molar-refractivity contribution in [3.05, 3.63) is 70.8 Å². The Kier molecular flexibility index (Phi) is 5.76. The Hall–Kier alpha value is -2.21. The highest BCUT2D eigenvalue weighted by Gasteiger charge is 2.27. The lowest BCUT2D eigenvalue weighted by Gasteiger charge is -2.31. The number of β-amino-alcohol motifs (C(OH)–C–C–N with tert-alkyl or cyclic N) is 1. The van der Waals surface area contributed by atoms with Gasteiger partial charge in [0.1, 0.15) is 0 Å². The quantitative estimate of drug-likeness (QED) is 0.805. The maximum absolute atomic E-state index is 11.4. The second-order valence-electron chi connectivity index (χ2n) is 8.14. The number of benzene rings is 2. The minimum atomic E-state index is -0.379. The first-order chi connectivity index (χ1) is 13.6. The van der Waals surface area contributed by atoms with Gasteiger partial charge in [-0.25, -0.2) is 0 Å². The zero-order valence-corrected chi connectivity index (χ0v) is 16.3. The fraction of sp³-hybridized carbons (Fsp3) is 0.435. The number of likely N-dealkylation sites (tertiary alicyclic amines) is 1. The van der Waals surface area contributed by atoms with Gasteiger partial charge in [-0.05, 0) is 54.1 Å². The number of hydrogen-bond acceptors (Lipinski definition) is 4. The van der Waals surface area contributed by atoms with Gasteiger partial charge in [0.05, 0.1) is 6.10 Å².